The third-order valence-corrected chi connectivity index (χ3v) is 7.69. The fourth-order valence-corrected chi connectivity index (χ4v) is 4.97. The second kappa shape index (κ2) is 9.56. The van der Waals surface area contributed by atoms with Gasteiger partial charge in [0.1, 0.15) is 0 Å². The molecule has 1 aliphatic heterocycles. The lowest BCUT2D eigenvalue weighted by atomic mass is 10.0. The van der Waals surface area contributed by atoms with E-state index >= 15 is 0 Å². The van der Waals surface area contributed by atoms with Gasteiger partial charge in [-0.15, -0.1) is 0 Å². The molecule has 1 fully saturated rings. The summed E-state index contributed by atoms with van der Waals surface area (Å²) in [4.78, 5) is 15.8. The van der Waals surface area contributed by atoms with Crippen molar-refractivity contribution in [3.63, 3.8) is 0 Å². The average molecular weight is 453 g/mol. The van der Waals surface area contributed by atoms with Crippen LogP contribution in [0.3, 0.4) is 0 Å². The summed E-state index contributed by atoms with van der Waals surface area (Å²) in [6.45, 7) is 3.24. The number of anilines is 1. The number of hydrogen-bond donors (Lipinski definition) is 1. The average Bonchev–Trinajstić information content (AvgIpc) is 3.35. The molecule has 7 nitrogen and oxygen atoms in total. The van der Waals surface area contributed by atoms with Crippen LogP contribution in [0.15, 0.2) is 78.0 Å². The van der Waals surface area contributed by atoms with Crippen LogP contribution >= 0.6 is 0 Å². The molecule has 1 N–H and O–H groups in total. The molecule has 32 heavy (non-hydrogen) atoms. The van der Waals surface area contributed by atoms with Gasteiger partial charge >= 0.3 is 0 Å². The molecule has 168 valence electrons. The second-order valence-corrected chi connectivity index (χ2v) is 10.2. The quantitative estimate of drug-likeness (QED) is 0.596. The Hall–Kier alpha value is -3.13. The number of benzene rings is 2. The molecule has 0 aliphatic carbocycles. The van der Waals surface area contributed by atoms with Crippen LogP contribution in [0.2, 0.25) is 0 Å². The van der Waals surface area contributed by atoms with Gasteiger partial charge in [-0.3, -0.25) is 9.48 Å². The van der Waals surface area contributed by atoms with Crippen molar-refractivity contribution in [2.45, 2.75) is 36.7 Å². The highest BCUT2D eigenvalue weighted by molar-refractivity contribution is 7.91. The summed E-state index contributed by atoms with van der Waals surface area (Å²) in [5, 5.41) is 7.50. The van der Waals surface area contributed by atoms with Crippen LogP contribution in [-0.4, -0.2) is 49.0 Å². The van der Waals surface area contributed by atoms with Gasteiger partial charge in [-0.1, -0.05) is 37.3 Å². The SMILES string of the molecule is CCS(=O)(=O)c1ccc(N2CCC(NC(=O)C(c3ccccc3)n3cccn3)CC2)cc1. The van der Waals surface area contributed by atoms with Crippen molar-refractivity contribution in [3.8, 4) is 0 Å². The van der Waals surface area contributed by atoms with E-state index in [9.17, 15) is 13.2 Å². The zero-order valence-corrected chi connectivity index (χ0v) is 18.9. The van der Waals surface area contributed by atoms with Crippen LogP contribution in [0, 0.1) is 0 Å². The van der Waals surface area contributed by atoms with E-state index in [1.165, 1.54) is 0 Å². The standard InChI is InChI=1S/C24H28N4O3S/c1-2-32(30,31)22-11-9-21(10-12-22)27-17-13-20(14-18-27)26-24(29)23(28-16-6-15-25-28)19-7-4-3-5-8-19/h3-12,15-16,20,23H,2,13-14,17-18H2,1H3,(H,26,29). The van der Waals surface area contributed by atoms with Crippen molar-refractivity contribution in [2.75, 3.05) is 23.7 Å². The first kappa shape index (κ1) is 22.1. The van der Waals surface area contributed by atoms with Gasteiger partial charge in [0.05, 0.1) is 10.6 Å². The van der Waals surface area contributed by atoms with Crippen LogP contribution < -0.4 is 10.2 Å². The Morgan fingerprint density at radius 2 is 1.75 bits per heavy atom. The van der Waals surface area contributed by atoms with Crippen molar-refractivity contribution in [1.82, 2.24) is 15.1 Å². The number of amides is 1. The fourth-order valence-electron chi connectivity index (χ4n) is 4.09. The molecule has 0 saturated carbocycles. The molecule has 4 rings (SSSR count). The molecule has 0 radical (unpaired) electrons. The Labute approximate surface area is 189 Å². The van der Waals surface area contributed by atoms with Crippen molar-refractivity contribution >= 4 is 21.4 Å². The van der Waals surface area contributed by atoms with Crippen LogP contribution in [-0.2, 0) is 14.6 Å². The molecule has 1 aromatic heterocycles. The maximum absolute atomic E-state index is 13.2. The van der Waals surface area contributed by atoms with Crippen molar-refractivity contribution in [2.24, 2.45) is 0 Å². The molecular formula is C24H28N4O3S. The number of rotatable bonds is 7. The first-order valence-electron chi connectivity index (χ1n) is 10.9. The lowest BCUT2D eigenvalue weighted by Crippen LogP contribution is -2.47. The molecule has 1 atom stereocenters. The van der Waals surface area contributed by atoms with Gasteiger partial charge in [-0.05, 0) is 48.7 Å². The fraction of sp³-hybridized carbons (Fsp3) is 0.333. The van der Waals surface area contributed by atoms with Gasteiger partial charge in [0.2, 0.25) is 5.91 Å². The van der Waals surface area contributed by atoms with Gasteiger partial charge < -0.3 is 10.2 Å². The number of hydrogen-bond acceptors (Lipinski definition) is 5. The van der Waals surface area contributed by atoms with E-state index in [1.807, 2.05) is 54.7 Å². The predicted octanol–water partition coefficient (Wildman–Crippen LogP) is 3.05. The topological polar surface area (TPSA) is 84.3 Å². The summed E-state index contributed by atoms with van der Waals surface area (Å²) in [5.41, 5.74) is 1.90. The summed E-state index contributed by atoms with van der Waals surface area (Å²) < 4.78 is 25.7. The maximum Gasteiger partial charge on any atom is 0.249 e. The van der Waals surface area contributed by atoms with E-state index in [-0.39, 0.29) is 17.7 Å². The second-order valence-electron chi connectivity index (χ2n) is 7.97. The molecule has 0 bridgehead atoms. The summed E-state index contributed by atoms with van der Waals surface area (Å²) >= 11 is 0. The molecular weight excluding hydrogens is 424 g/mol. The van der Waals surface area contributed by atoms with E-state index in [1.54, 1.807) is 29.9 Å². The first-order chi connectivity index (χ1) is 15.5. The van der Waals surface area contributed by atoms with Crippen LogP contribution in [0.5, 0.6) is 0 Å². The predicted molar refractivity (Wildman–Crippen MR) is 124 cm³/mol. The zero-order valence-electron chi connectivity index (χ0n) is 18.1. The molecule has 2 aromatic carbocycles. The van der Waals surface area contributed by atoms with Gasteiger partial charge in [-0.2, -0.15) is 5.10 Å². The Balaban J connectivity index is 1.38. The highest BCUT2D eigenvalue weighted by Crippen LogP contribution is 2.24. The van der Waals surface area contributed by atoms with Crippen molar-refractivity contribution < 1.29 is 13.2 Å². The number of piperidine rings is 1. The van der Waals surface area contributed by atoms with Crippen molar-refractivity contribution in [3.05, 3.63) is 78.6 Å². The number of nitrogens with zero attached hydrogens (tertiary/aromatic N) is 3. The van der Waals surface area contributed by atoms with Crippen LogP contribution in [0.25, 0.3) is 0 Å². The minimum absolute atomic E-state index is 0.0625. The smallest absolute Gasteiger partial charge is 0.249 e. The summed E-state index contributed by atoms with van der Waals surface area (Å²) in [6.07, 6.45) is 5.13. The highest BCUT2D eigenvalue weighted by atomic mass is 32.2. The van der Waals surface area contributed by atoms with Crippen LogP contribution in [0.4, 0.5) is 5.69 Å². The van der Waals surface area contributed by atoms with E-state index in [2.05, 4.69) is 15.3 Å². The number of carbonyl (C=O) groups excluding carboxylic acids is 1. The summed E-state index contributed by atoms with van der Waals surface area (Å²) in [7, 11) is -3.19. The van der Waals surface area contributed by atoms with E-state index in [0.717, 1.165) is 37.2 Å². The molecule has 1 amide bonds. The normalized spacial score (nSPS) is 16.0. The monoisotopic (exact) mass is 452 g/mol. The number of sulfone groups is 1. The van der Waals surface area contributed by atoms with E-state index in [0.29, 0.717) is 4.90 Å². The highest BCUT2D eigenvalue weighted by Gasteiger charge is 2.27. The molecule has 1 saturated heterocycles. The largest absolute Gasteiger partial charge is 0.371 e. The number of aromatic nitrogens is 2. The lowest BCUT2D eigenvalue weighted by molar-refractivity contribution is -0.124. The number of nitrogens with one attached hydrogen (secondary N) is 1. The van der Waals surface area contributed by atoms with Gasteiger partial charge in [0.25, 0.3) is 0 Å². The summed E-state index contributed by atoms with van der Waals surface area (Å²) in [6, 6.07) is 18.2. The zero-order chi connectivity index (χ0) is 22.6. The Bertz CT molecular complexity index is 1120. The van der Waals surface area contributed by atoms with Gasteiger partial charge in [0, 0.05) is 37.2 Å². The van der Waals surface area contributed by atoms with Gasteiger partial charge in [-0.25, -0.2) is 8.42 Å². The van der Waals surface area contributed by atoms with Gasteiger partial charge in [0.15, 0.2) is 15.9 Å². The van der Waals surface area contributed by atoms with E-state index < -0.39 is 15.9 Å². The molecule has 3 aromatic rings. The Morgan fingerprint density at radius 1 is 1.06 bits per heavy atom. The van der Waals surface area contributed by atoms with Crippen LogP contribution in [0.1, 0.15) is 31.4 Å². The molecule has 0 spiro atoms. The van der Waals surface area contributed by atoms with E-state index in [4.69, 9.17) is 0 Å². The Morgan fingerprint density at radius 3 is 2.34 bits per heavy atom. The first-order valence-corrected chi connectivity index (χ1v) is 12.6. The minimum Gasteiger partial charge on any atom is -0.371 e. The third kappa shape index (κ3) is 4.85. The third-order valence-electron chi connectivity index (χ3n) is 5.94. The minimum atomic E-state index is -3.19. The maximum atomic E-state index is 13.2. The summed E-state index contributed by atoms with van der Waals surface area (Å²) in [5.74, 6) is 0.0346. The molecule has 8 heteroatoms. The molecule has 1 unspecified atom stereocenters. The number of carbonyl (C=O) groups is 1. The lowest BCUT2D eigenvalue weighted by Gasteiger charge is -2.34. The molecule has 1 aliphatic rings. The van der Waals surface area contributed by atoms with Crippen molar-refractivity contribution in [1.29, 1.82) is 0 Å². The Kier molecular flexibility index (Phi) is 6.60. The molecule has 2 heterocycles.